The van der Waals surface area contributed by atoms with E-state index in [2.05, 4.69) is 10.5 Å². The van der Waals surface area contributed by atoms with Gasteiger partial charge in [0.1, 0.15) is 0 Å². The molecule has 9 nitrogen and oxygen atoms in total. The Morgan fingerprint density at radius 3 is 2.22 bits per heavy atom. The van der Waals surface area contributed by atoms with Crippen LogP contribution in [0.1, 0.15) is 16.7 Å². The lowest BCUT2D eigenvalue weighted by Crippen LogP contribution is -2.39. The Morgan fingerprint density at radius 2 is 1.65 bits per heavy atom. The predicted molar refractivity (Wildman–Crippen MR) is 142 cm³/mol. The number of methoxy groups -OCH3 is 3. The highest BCUT2D eigenvalue weighted by Gasteiger charge is 2.27. The summed E-state index contributed by atoms with van der Waals surface area (Å²) in [4.78, 5) is 12.8. The molecule has 0 spiro atoms. The van der Waals surface area contributed by atoms with Crippen LogP contribution in [0.2, 0.25) is 5.02 Å². The van der Waals surface area contributed by atoms with Crippen molar-refractivity contribution >= 4 is 33.7 Å². The van der Waals surface area contributed by atoms with Gasteiger partial charge in [-0.05, 0) is 48.9 Å². The maximum atomic E-state index is 13.4. The smallest absolute Gasteiger partial charge is 0.255 e. The molecule has 0 saturated heterocycles. The number of hydrogen-bond acceptors (Lipinski definition) is 7. The fourth-order valence-corrected chi connectivity index (χ4v) is 5.07. The van der Waals surface area contributed by atoms with Gasteiger partial charge in [0.05, 0.1) is 39.0 Å². The van der Waals surface area contributed by atoms with Gasteiger partial charge in [-0.2, -0.15) is 9.41 Å². The van der Waals surface area contributed by atoms with Crippen LogP contribution in [0.15, 0.2) is 70.7 Å². The summed E-state index contributed by atoms with van der Waals surface area (Å²) in [5.41, 5.74) is 4.50. The summed E-state index contributed by atoms with van der Waals surface area (Å²) in [6.45, 7) is 1.34. The van der Waals surface area contributed by atoms with Crippen LogP contribution in [0.3, 0.4) is 0 Å². The first-order valence-electron chi connectivity index (χ1n) is 11.1. The molecule has 3 rings (SSSR count). The molecule has 0 aliphatic heterocycles. The van der Waals surface area contributed by atoms with E-state index in [0.29, 0.717) is 33.4 Å². The molecule has 1 amide bonds. The lowest BCUT2D eigenvalue weighted by molar-refractivity contribution is -0.121. The van der Waals surface area contributed by atoms with Gasteiger partial charge in [0, 0.05) is 17.1 Å². The summed E-state index contributed by atoms with van der Waals surface area (Å²) < 4.78 is 43.8. The van der Waals surface area contributed by atoms with Gasteiger partial charge in [0.15, 0.2) is 11.5 Å². The van der Waals surface area contributed by atoms with E-state index in [9.17, 15) is 13.2 Å². The monoisotopic (exact) mass is 545 g/mol. The zero-order valence-corrected chi connectivity index (χ0v) is 22.5. The number of carbonyl (C=O) groups excluding carboxylic acids is 1. The van der Waals surface area contributed by atoms with Gasteiger partial charge < -0.3 is 14.2 Å². The number of halogens is 1. The Balaban J connectivity index is 1.81. The van der Waals surface area contributed by atoms with Gasteiger partial charge in [0.2, 0.25) is 15.8 Å². The van der Waals surface area contributed by atoms with Crippen LogP contribution in [0.5, 0.6) is 17.2 Å². The summed E-state index contributed by atoms with van der Waals surface area (Å²) in [7, 11) is 0.476. The van der Waals surface area contributed by atoms with E-state index in [0.717, 1.165) is 9.87 Å². The number of benzene rings is 3. The highest BCUT2D eigenvalue weighted by Crippen LogP contribution is 2.37. The number of sulfonamides is 1. The summed E-state index contributed by atoms with van der Waals surface area (Å²) in [6, 6.07) is 16.5. The Hall–Kier alpha value is -3.60. The third-order valence-electron chi connectivity index (χ3n) is 5.32. The van der Waals surface area contributed by atoms with Gasteiger partial charge in [-0.1, -0.05) is 41.4 Å². The van der Waals surface area contributed by atoms with Crippen LogP contribution in [-0.4, -0.2) is 52.7 Å². The van der Waals surface area contributed by atoms with Crippen LogP contribution in [0.25, 0.3) is 0 Å². The Morgan fingerprint density at radius 1 is 1.00 bits per heavy atom. The number of carbonyl (C=O) groups is 1. The average molecular weight is 546 g/mol. The Bertz CT molecular complexity index is 1350. The molecule has 0 atom stereocenters. The summed E-state index contributed by atoms with van der Waals surface area (Å²) in [5, 5.41) is 4.43. The fraction of sp³-hybridized carbons (Fsp3) is 0.231. The summed E-state index contributed by atoms with van der Waals surface area (Å²) >= 11 is 6.08. The summed E-state index contributed by atoms with van der Waals surface area (Å²) in [6.07, 6.45) is 1.39. The largest absolute Gasteiger partial charge is 0.493 e. The second kappa shape index (κ2) is 12.6. The van der Waals surface area contributed by atoms with Crippen LogP contribution >= 0.6 is 11.6 Å². The van der Waals surface area contributed by atoms with Crippen LogP contribution in [0, 0.1) is 6.92 Å². The van der Waals surface area contributed by atoms with Crippen LogP contribution < -0.4 is 19.6 Å². The van der Waals surface area contributed by atoms with Gasteiger partial charge in [0.25, 0.3) is 5.91 Å². The molecule has 1 N–H and O–H groups in total. The second-order valence-electron chi connectivity index (χ2n) is 7.97. The van der Waals surface area contributed by atoms with Gasteiger partial charge in [-0.15, -0.1) is 0 Å². The Labute approximate surface area is 221 Å². The molecule has 11 heteroatoms. The highest BCUT2D eigenvalue weighted by molar-refractivity contribution is 7.89. The van der Waals surface area contributed by atoms with E-state index >= 15 is 0 Å². The molecule has 0 fully saturated rings. The van der Waals surface area contributed by atoms with Gasteiger partial charge in [-0.3, -0.25) is 4.79 Å². The van der Waals surface area contributed by atoms with Crippen molar-refractivity contribution in [1.82, 2.24) is 9.73 Å². The summed E-state index contributed by atoms with van der Waals surface area (Å²) in [5.74, 6) is 0.642. The van der Waals surface area contributed by atoms with Crippen molar-refractivity contribution in [2.75, 3.05) is 27.9 Å². The molecule has 0 heterocycles. The highest BCUT2D eigenvalue weighted by atomic mass is 35.5. The van der Waals surface area contributed by atoms with E-state index in [1.807, 2.05) is 6.92 Å². The lowest BCUT2D eigenvalue weighted by atomic mass is 10.2. The molecule has 3 aromatic carbocycles. The molecule has 0 aliphatic carbocycles. The molecule has 0 unspecified atom stereocenters. The second-order valence-corrected chi connectivity index (χ2v) is 10.3. The zero-order valence-electron chi connectivity index (χ0n) is 20.9. The van der Waals surface area contributed by atoms with Crippen molar-refractivity contribution in [1.29, 1.82) is 0 Å². The number of hydrogen-bond donors (Lipinski definition) is 1. The first-order chi connectivity index (χ1) is 17.7. The topological polar surface area (TPSA) is 107 Å². The minimum atomic E-state index is -4.00. The van der Waals surface area contributed by atoms with Gasteiger partial charge >= 0.3 is 0 Å². The van der Waals surface area contributed by atoms with E-state index in [4.69, 9.17) is 25.8 Å². The number of rotatable bonds is 11. The normalized spacial score (nSPS) is 11.5. The number of nitrogens with one attached hydrogen (secondary N) is 1. The molecule has 0 aromatic heterocycles. The minimum absolute atomic E-state index is 0.0548. The van der Waals surface area contributed by atoms with Crippen molar-refractivity contribution in [2.45, 2.75) is 18.4 Å². The number of amides is 1. The maximum absolute atomic E-state index is 13.4. The maximum Gasteiger partial charge on any atom is 0.255 e. The van der Waals surface area contributed by atoms with E-state index in [1.54, 1.807) is 48.5 Å². The van der Waals surface area contributed by atoms with Crippen molar-refractivity contribution in [2.24, 2.45) is 5.10 Å². The number of hydrazone groups is 1. The van der Waals surface area contributed by atoms with Crippen molar-refractivity contribution in [3.05, 3.63) is 82.4 Å². The molecule has 0 radical (unpaired) electrons. The molecule has 0 saturated carbocycles. The molecule has 0 bridgehead atoms. The number of nitrogens with zero attached hydrogens (tertiary/aromatic N) is 2. The molecule has 0 aliphatic rings. The van der Waals surface area contributed by atoms with Crippen molar-refractivity contribution in [3.63, 3.8) is 0 Å². The van der Waals surface area contributed by atoms with Crippen molar-refractivity contribution < 1.29 is 27.4 Å². The van der Waals surface area contributed by atoms with E-state index in [1.165, 1.54) is 39.7 Å². The minimum Gasteiger partial charge on any atom is -0.493 e. The fourth-order valence-electron chi connectivity index (χ4n) is 3.47. The standard InChI is InChI=1S/C26H28ClN3O6S/c1-18-8-10-22(11-9-18)37(32,33)30(16-19-6-5-7-21(27)12-19)17-25(31)29-28-15-20-13-23(34-2)26(36-4)24(14-20)35-3/h5-15H,16-17H2,1-4H3,(H,29,31)/b28-15-. The lowest BCUT2D eigenvalue weighted by Gasteiger charge is -2.21. The molecular formula is C26H28ClN3O6S. The van der Waals surface area contributed by atoms with E-state index < -0.39 is 22.5 Å². The van der Waals surface area contributed by atoms with Gasteiger partial charge in [-0.25, -0.2) is 13.8 Å². The van der Waals surface area contributed by atoms with Crippen LogP contribution in [-0.2, 0) is 21.4 Å². The number of ether oxygens (including phenoxy) is 3. The average Bonchev–Trinajstić information content (AvgIpc) is 2.88. The van der Waals surface area contributed by atoms with E-state index in [-0.39, 0.29) is 11.4 Å². The third-order valence-corrected chi connectivity index (χ3v) is 7.36. The number of aryl methyl sites for hydroxylation is 1. The van der Waals surface area contributed by atoms with Crippen LogP contribution in [0.4, 0.5) is 0 Å². The molecule has 37 heavy (non-hydrogen) atoms. The first-order valence-corrected chi connectivity index (χ1v) is 12.9. The predicted octanol–water partition coefficient (Wildman–Crippen LogP) is 4.02. The zero-order chi connectivity index (χ0) is 27.0. The molecule has 3 aromatic rings. The SMILES string of the molecule is COc1cc(/C=N\NC(=O)CN(Cc2cccc(Cl)c2)S(=O)(=O)c2ccc(C)cc2)cc(OC)c1OC. The Kier molecular flexibility index (Phi) is 9.51. The molecule has 196 valence electrons. The third kappa shape index (κ3) is 7.22. The van der Waals surface area contributed by atoms with Crippen molar-refractivity contribution in [3.8, 4) is 17.2 Å². The first kappa shape index (κ1) is 28.0. The molecular weight excluding hydrogens is 518 g/mol. The quantitative estimate of drug-likeness (QED) is 0.288.